The van der Waals surface area contributed by atoms with Crippen molar-refractivity contribution in [3.05, 3.63) is 93.3 Å². The van der Waals surface area contributed by atoms with Crippen molar-refractivity contribution >= 4 is 34.2 Å². The van der Waals surface area contributed by atoms with E-state index in [0.29, 0.717) is 26.8 Å². The molecule has 4 heteroatoms. The molecular formula is C21H12Cl2O2. The Morgan fingerprint density at radius 1 is 0.760 bits per heavy atom. The van der Waals surface area contributed by atoms with Gasteiger partial charge in [0.2, 0.25) is 0 Å². The number of hydrogen-bond donors (Lipinski definition) is 0. The Hall–Kier alpha value is -2.55. The van der Waals surface area contributed by atoms with E-state index in [9.17, 15) is 4.79 Å². The molecule has 1 aromatic heterocycles. The summed E-state index contributed by atoms with van der Waals surface area (Å²) >= 11 is 12.4. The minimum absolute atomic E-state index is 0.410. The predicted octanol–water partition coefficient (Wildman–Crippen LogP) is 6.43. The minimum Gasteiger partial charge on any atom is -0.422 e. The van der Waals surface area contributed by atoms with Crippen molar-refractivity contribution in [1.29, 1.82) is 0 Å². The third-order valence-corrected chi connectivity index (χ3v) is 4.62. The lowest BCUT2D eigenvalue weighted by Crippen LogP contribution is -2.06. The maximum Gasteiger partial charge on any atom is 0.344 e. The van der Waals surface area contributed by atoms with E-state index in [4.69, 9.17) is 27.6 Å². The maximum atomic E-state index is 12.8. The molecule has 1 heterocycles. The van der Waals surface area contributed by atoms with Crippen LogP contribution in [0.4, 0.5) is 0 Å². The first-order chi connectivity index (χ1) is 12.1. The summed E-state index contributed by atoms with van der Waals surface area (Å²) in [4.78, 5) is 12.8. The molecule has 0 amide bonds. The van der Waals surface area contributed by atoms with E-state index >= 15 is 0 Å². The summed E-state index contributed by atoms with van der Waals surface area (Å²) in [5.74, 6) is 0. The van der Waals surface area contributed by atoms with E-state index < -0.39 is 5.63 Å². The van der Waals surface area contributed by atoms with E-state index in [1.54, 1.807) is 24.3 Å². The van der Waals surface area contributed by atoms with Gasteiger partial charge in [0.25, 0.3) is 0 Å². The molecule has 122 valence electrons. The van der Waals surface area contributed by atoms with E-state index in [-0.39, 0.29) is 0 Å². The van der Waals surface area contributed by atoms with Crippen molar-refractivity contribution in [1.82, 2.24) is 0 Å². The van der Waals surface area contributed by atoms with E-state index in [1.807, 2.05) is 48.5 Å². The summed E-state index contributed by atoms with van der Waals surface area (Å²) in [6.07, 6.45) is 0. The lowest BCUT2D eigenvalue weighted by atomic mass is 9.93. The third kappa shape index (κ3) is 2.84. The molecule has 0 aliphatic heterocycles. The fourth-order valence-corrected chi connectivity index (χ4v) is 3.49. The van der Waals surface area contributed by atoms with Crippen LogP contribution in [0.25, 0.3) is 33.2 Å². The van der Waals surface area contributed by atoms with Crippen LogP contribution >= 0.6 is 23.2 Å². The van der Waals surface area contributed by atoms with Crippen LogP contribution < -0.4 is 5.63 Å². The summed E-state index contributed by atoms with van der Waals surface area (Å²) in [7, 11) is 0. The standard InChI is InChI=1S/C21H12Cl2O2/c22-14-10-11-15(17(23)12-14)20-19(13-6-2-1-3-7-13)16-8-4-5-9-18(16)25-21(20)24/h1-12H. The van der Waals surface area contributed by atoms with Crippen molar-refractivity contribution in [2.24, 2.45) is 0 Å². The second kappa shape index (κ2) is 6.40. The van der Waals surface area contributed by atoms with Gasteiger partial charge in [-0.25, -0.2) is 4.79 Å². The summed E-state index contributed by atoms with van der Waals surface area (Å²) in [5.41, 5.74) is 2.88. The van der Waals surface area contributed by atoms with Gasteiger partial charge in [0.1, 0.15) is 5.58 Å². The van der Waals surface area contributed by atoms with E-state index in [1.165, 1.54) is 0 Å². The zero-order valence-corrected chi connectivity index (χ0v) is 14.5. The molecule has 0 aliphatic rings. The fraction of sp³-hybridized carbons (Fsp3) is 0. The van der Waals surface area contributed by atoms with Gasteiger partial charge in [-0.15, -0.1) is 0 Å². The van der Waals surface area contributed by atoms with Gasteiger partial charge in [0, 0.05) is 21.5 Å². The SMILES string of the molecule is O=c1oc2ccccc2c(-c2ccccc2)c1-c1ccc(Cl)cc1Cl. The lowest BCUT2D eigenvalue weighted by molar-refractivity contribution is 0.564. The van der Waals surface area contributed by atoms with Crippen LogP contribution in [-0.2, 0) is 0 Å². The average Bonchev–Trinajstić information content (AvgIpc) is 2.62. The van der Waals surface area contributed by atoms with Gasteiger partial charge in [-0.05, 0) is 23.8 Å². The van der Waals surface area contributed by atoms with Crippen molar-refractivity contribution in [3.63, 3.8) is 0 Å². The Morgan fingerprint density at radius 2 is 1.48 bits per heavy atom. The Balaban J connectivity index is 2.17. The molecule has 0 aliphatic carbocycles. The largest absolute Gasteiger partial charge is 0.422 e. The number of benzene rings is 3. The molecule has 4 aromatic rings. The third-order valence-electron chi connectivity index (χ3n) is 4.08. The number of hydrogen-bond acceptors (Lipinski definition) is 2. The highest BCUT2D eigenvalue weighted by molar-refractivity contribution is 6.36. The molecule has 2 nitrogen and oxygen atoms in total. The summed E-state index contributed by atoms with van der Waals surface area (Å²) in [6, 6.07) is 22.3. The van der Waals surface area contributed by atoms with Crippen molar-refractivity contribution < 1.29 is 4.42 Å². The first-order valence-corrected chi connectivity index (χ1v) is 8.47. The molecule has 3 aromatic carbocycles. The normalized spacial score (nSPS) is 11.0. The highest BCUT2D eigenvalue weighted by Crippen LogP contribution is 2.38. The van der Waals surface area contributed by atoms with Crippen LogP contribution in [0, 0.1) is 0 Å². The second-order valence-electron chi connectivity index (χ2n) is 5.63. The molecular weight excluding hydrogens is 355 g/mol. The van der Waals surface area contributed by atoms with Gasteiger partial charge < -0.3 is 4.42 Å². The van der Waals surface area contributed by atoms with Crippen LogP contribution in [-0.4, -0.2) is 0 Å². The Morgan fingerprint density at radius 3 is 2.24 bits per heavy atom. The molecule has 0 bridgehead atoms. The molecule has 25 heavy (non-hydrogen) atoms. The van der Waals surface area contributed by atoms with Crippen LogP contribution in [0.1, 0.15) is 0 Å². The predicted molar refractivity (Wildman–Crippen MR) is 103 cm³/mol. The Bertz CT molecular complexity index is 1130. The van der Waals surface area contributed by atoms with Gasteiger partial charge in [-0.3, -0.25) is 0 Å². The molecule has 0 atom stereocenters. The summed E-state index contributed by atoms with van der Waals surface area (Å²) in [5, 5.41) is 1.78. The van der Waals surface area contributed by atoms with Gasteiger partial charge in [-0.2, -0.15) is 0 Å². The lowest BCUT2D eigenvalue weighted by Gasteiger charge is -2.13. The van der Waals surface area contributed by atoms with Crippen molar-refractivity contribution in [3.8, 4) is 22.3 Å². The van der Waals surface area contributed by atoms with Crippen molar-refractivity contribution in [2.45, 2.75) is 0 Å². The van der Waals surface area contributed by atoms with Gasteiger partial charge in [-0.1, -0.05) is 77.8 Å². The molecule has 0 saturated carbocycles. The average molecular weight is 367 g/mol. The number of para-hydroxylation sites is 1. The maximum absolute atomic E-state index is 12.8. The Kier molecular flexibility index (Phi) is 4.08. The molecule has 0 radical (unpaired) electrons. The van der Waals surface area contributed by atoms with Crippen LogP contribution in [0.3, 0.4) is 0 Å². The fourth-order valence-electron chi connectivity index (χ4n) is 2.99. The number of fused-ring (bicyclic) bond motifs is 1. The Labute approximate surface area is 154 Å². The van der Waals surface area contributed by atoms with Gasteiger partial charge in [0.05, 0.1) is 10.6 Å². The molecule has 0 unspecified atom stereocenters. The zero-order valence-electron chi connectivity index (χ0n) is 13.0. The highest BCUT2D eigenvalue weighted by Gasteiger charge is 2.19. The van der Waals surface area contributed by atoms with E-state index in [0.717, 1.165) is 16.5 Å². The molecule has 0 fully saturated rings. The smallest absolute Gasteiger partial charge is 0.344 e. The topological polar surface area (TPSA) is 30.2 Å². The highest BCUT2D eigenvalue weighted by atomic mass is 35.5. The minimum atomic E-state index is -0.429. The monoisotopic (exact) mass is 366 g/mol. The molecule has 4 rings (SSSR count). The second-order valence-corrected chi connectivity index (χ2v) is 6.47. The van der Waals surface area contributed by atoms with Crippen LogP contribution in [0.2, 0.25) is 10.0 Å². The molecule has 0 saturated heterocycles. The first kappa shape index (κ1) is 15.9. The van der Waals surface area contributed by atoms with Gasteiger partial charge >= 0.3 is 5.63 Å². The number of halogens is 2. The van der Waals surface area contributed by atoms with Crippen LogP contribution in [0.5, 0.6) is 0 Å². The van der Waals surface area contributed by atoms with Crippen molar-refractivity contribution in [2.75, 3.05) is 0 Å². The zero-order chi connectivity index (χ0) is 17.4. The van der Waals surface area contributed by atoms with Gasteiger partial charge in [0.15, 0.2) is 0 Å². The quantitative estimate of drug-likeness (QED) is 0.382. The first-order valence-electron chi connectivity index (χ1n) is 7.72. The molecule has 0 N–H and O–H groups in total. The summed E-state index contributed by atoms with van der Waals surface area (Å²) < 4.78 is 5.55. The molecule has 0 spiro atoms. The van der Waals surface area contributed by atoms with E-state index in [2.05, 4.69) is 0 Å². The number of rotatable bonds is 2. The van der Waals surface area contributed by atoms with Crippen LogP contribution in [0.15, 0.2) is 82.0 Å². The summed E-state index contributed by atoms with van der Waals surface area (Å²) in [6.45, 7) is 0.